The number of hydrogen-bond donors (Lipinski definition) is 3. The van der Waals surface area contributed by atoms with E-state index < -0.39 is 12.0 Å². The van der Waals surface area contributed by atoms with Gasteiger partial charge < -0.3 is 15.7 Å². The number of aliphatic carboxylic acids is 1. The van der Waals surface area contributed by atoms with Gasteiger partial charge in [0.25, 0.3) is 0 Å². The molecule has 2 aromatic rings. The molecule has 0 saturated heterocycles. The van der Waals surface area contributed by atoms with Gasteiger partial charge in [0.05, 0.1) is 6.42 Å². The van der Waals surface area contributed by atoms with Crippen LogP contribution >= 0.6 is 11.6 Å². The van der Waals surface area contributed by atoms with E-state index >= 15 is 0 Å². The number of carbonyl (C=O) groups is 2. The molecule has 2 aromatic carbocycles. The molecule has 21 heavy (non-hydrogen) atoms. The van der Waals surface area contributed by atoms with Gasteiger partial charge in [-0.2, -0.15) is 0 Å². The number of carboxylic acid groups (broad SMARTS) is 1. The number of nitrogens with one attached hydrogen (secondary N) is 2. The summed E-state index contributed by atoms with van der Waals surface area (Å²) in [7, 11) is 0. The number of urea groups is 1. The Labute approximate surface area is 126 Å². The summed E-state index contributed by atoms with van der Waals surface area (Å²) in [4.78, 5) is 22.5. The van der Waals surface area contributed by atoms with Gasteiger partial charge in [0, 0.05) is 16.4 Å². The molecule has 0 atom stereocenters. The Morgan fingerprint density at radius 3 is 2.24 bits per heavy atom. The number of carbonyl (C=O) groups excluding carboxylic acids is 1. The van der Waals surface area contributed by atoms with Gasteiger partial charge in [-0.25, -0.2) is 4.79 Å². The lowest BCUT2D eigenvalue weighted by atomic mass is 10.1. The van der Waals surface area contributed by atoms with Crippen molar-refractivity contribution < 1.29 is 14.7 Å². The average molecular weight is 305 g/mol. The molecule has 0 aliphatic carbocycles. The second kappa shape index (κ2) is 6.76. The third kappa shape index (κ3) is 4.81. The normalized spacial score (nSPS) is 9.95. The fraction of sp³-hybridized carbons (Fsp3) is 0.0667. The van der Waals surface area contributed by atoms with Crippen LogP contribution in [-0.2, 0) is 11.2 Å². The molecule has 2 amide bonds. The van der Waals surface area contributed by atoms with Gasteiger partial charge in [-0.05, 0) is 35.9 Å². The van der Waals surface area contributed by atoms with Crippen molar-refractivity contribution in [1.29, 1.82) is 0 Å². The van der Waals surface area contributed by atoms with Crippen molar-refractivity contribution in [2.24, 2.45) is 0 Å². The Kier molecular flexibility index (Phi) is 4.79. The standard InChI is InChI=1S/C15H13ClN2O3/c16-11-4-2-6-13(9-11)18-15(21)17-12-5-1-3-10(7-12)8-14(19)20/h1-7,9H,8H2,(H,19,20)(H2,17,18,21). The molecular formula is C15H13ClN2O3. The van der Waals surface area contributed by atoms with Crippen molar-refractivity contribution in [3.63, 3.8) is 0 Å². The zero-order valence-electron chi connectivity index (χ0n) is 11.0. The average Bonchev–Trinajstić information content (AvgIpc) is 2.37. The van der Waals surface area contributed by atoms with Crippen LogP contribution in [0.1, 0.15) is 5.56 Å². The number of benzene rings is 2. The molecule has 108 valence electrons. The highest BCUT2D eigenvalue weighted by Gasteiger charge is 2.05. The zero-order chi connectivity index (χ0) is 15.2. The maximum absolute atomic E-state index is 11.8. The first kappa shape index (κ1) is 14.9. The summed E-state index contributed by atoms with van der Waals surface area (Å²) < 4.78 is 0. The molecule has 0 aliphatic heterocycles. The summed E-state index contributed by atoms with van der Waals surface area (Å²) in [5, 5.41) is 14.6. The number of rotatable bonds is 4. The molecule has 0 radical (unpaired) electrons. The summed E-state index contributed by atoms with van der Waals surface area (Å²) in [5.41, 5.74) is 1.71. The summed E-state index contributed by atoms with van der Waals surface area (Å²) in [6, 6.07) is 13.0. The lowest BCUT2D eigenvalue weighted by Gasteiger charge is -2.08. The van der Waals surface area contributed by atoms with Crippen molar-refractivity contribution in [2.75, 3.05) is 10.6 Å². The van der Waals surface area contributed by atoms with Gasteiger partial charge >= 0.3 is 12.0 Å². The molecule has 2 rings (SSSR count). The van der Waals surface area contributed by atoms with Gasteiger partial charge in [-0.1, -0.05) is 29.8 Å². The molecule has 0 bridgehead atoms. The van der Waals surface area contributed by atoms with Crippen LogP contribution in [0.4, 0.5) is 16.2 Å². The first-order valence-corrected chi connectivity index (χ1v) is 6.55. The summed E-state index contributed by atoms with van der Waals surface area (Å²) >= 11 is 5.83. The Balaban J connectivity index is 2.01. The number of halogens is 1. The third-order valence-electron chi connectivity index (χ3n) is 2.62. The SMILES string of the molecule is O=C(O)Cc1cccc(NC(=O)Nc2cccc(Cl)c2)c1. The Morgan fingerprint density at radius 2 is 1.62 bits per heavy atom. The monoisotopic (exact) mass is 304 g/mol. The smallest absolute Gasteiger partial charge is 0.323 e. The quantitative estimate of drug-likeness (QED) is 0.807. The van der Waals surface area contributed by atoms with Crippen molar-refractivity contribution in [3.8, 4) is 0 Å². The van der Waals surface area contributed by atoms with Gasteiger partial charge in [0.2, 0.25) is 0 Å². The van der Waals surface area contributed by atoms with Crippen LogP contribution in [0.15, 0.2) is 48.5 Å². The molecule has 0 aliphatic rings. The van der Waals surface area contributed by atoms with E-state index in [0.717, 1.165) is 0 Å². The van der Waals surface area contributed by atoms with E-state index in [1.165, 1.54) is 0 Å². The van der Waals surface area contributed by atoms with E-state index in [0.29, 0.717) is 22.0 Å². The highest BCUT2D eigenvalue weighted by molar-refractivity contribution is 6.30. The molecule has 5 nitrogen and oxygen atoms in total. The summed E-state index contributed by atoms with van der Waals surface area (Å²) in [5.74, 6) is -0.921. The Hall–Kier alpha value is -2.53. The van der Waals surface area contributed by atoms with E-state index in [9.17, 15) is 9.59 Å². The highest BCUT2D eigenvalue weighted by Crippen LogP contribution is 2.16. The van der Waals surface area contributed by atoms with Gasteiger partial charge in [0.1, 0.15) is 0 Å². The molecule has 0 aromatic heterocycles. The van der Waals surface area contributed by atoms with Crippen LogP contribution in [0.2, 0.25) is 5.02 Å². The molecule has 0 heterocycles. The number of carboxylic acids is 1. The van der Waals surface area contributed by atoms with E-state index in [4.69, 9.17) is 16.7 Å². The lowest BCUT2D eigenvalue weighted by Crippen LogP contribution is -2.19. The topological polar surface area (TPSA) is 78.4 Å². The van der Waals surface area contributed by atoms with Crippen molar-refractivity contribution in [2.45, 2.75) is 6.42 Å². The van der Waals surface area contributed by atoms with Crippen LogP contribution in [0, 0.1) is 0 Å². The second-order valence-electron chi connectivity index (χ2n) is 4.36. The van der Waals surface area contributed by atoms with E-state index in [2.05, 4.69) is 10.6 Å². The fourth-order valence-corrected chi connectivity index (χ4v) is 1.98. The zero-order valence-corrected chi connectivity index (χ0v) is 11.7. The summed E-state index contributed by atoms with van der Waals surface area (Å²) in [6.07, 6.45) is -0.0918. The van der Waals surface area contributed by atoms with E-state index in [1.54, 1.807) is 48.5 Å². The van der Waals surface area contributed by atoms with Crippen LogP contribution in [0.25, 0.3) is 0 Å². The Bertz CT molecular complexity index is 673. The second-order valence-corrected chi connectivity index (χ2v) is 4.80. The maximum atomic E-state index is 11.8. The highest BCUT2D eigenvalue weighted by atomic mass is 35.5. The summed E-state index contributed by atoms with van der Waals surface area (Å²) in [6.45, 7) is 0. The number of hydrogen-bond acceptors (Lipinski definition) is 2. The predicted octanol–water partition coefficient (Wildman–Crippen LogP) is 3.61. The van der Waals surface area contributed by atoms with Gasteiger partial charge in [-0.3, -0.25) is 4.79 Å². The first-order chi connectivity index (χ1) is 10.0. The van der Waals surface area contributed by atoms with Crippen molar-refractivity contribution in [1.82, 2.24) is 0 Å². The molecule has 6 heteroatoms. The molecule has 0 unspecified atom stereocenters. The number of anilines is 2. The van der Waals surface area contributed by atoms with Crippen LogP contribution in [-0.4, -0.2) is 17.1 Å². The minimum atomic E-state index is -0.921. The first-order valence-electron chi connectivity index (χ1n) is 6.17. The molecule has 3 N–H and O–H groups in total. The minimum Gasteiger partial charge on any atom is -0.481 e. The van der Waals surface area contributed by atoms with Crippen molar-refractivity contribution in [3.05, 3.63) is 59.1 Å². The van der Waals surface area contributed by atoms with Crippen LogP contribution in [0.3, 0.4) is 0 Å². The molecule has 0 spiro atoms. The van der Waals surface area contributed by atoms with Crippen LogP contribution in [0.5, 0.6) is 0 Å². The van der Waals surface area contributed by atoms with Gasteiger partial charge in [-0.15, -0.1) is 0 Å². The number of amides is 2. The van der Waals surface area contributed by atoms with Crippen molar-refractivity contribution >= 4 is 35.0 Å². The molecule has 0 fully saturated rings. The van der Waals surface area contributed by atoms with Crippen LogP contribution < -0.4 is 10.6 Å². The predicted molar refractivity (Wildman–Crippen MR) is 81.9 cm³/mol. The van der Waals surface area contributed by atoms with E-state index in [-0.39, 0.29) is 6.42 Å². The Morgan fingerprint density at radius 1 is 1.00 bits per heavy atom. The van der Waals surface area contributed by atoms with Gasteiger partial charge in [0.15, 0.2) is 0 Å². The largest absolute Gasteiger partial charge is 0.481 e. The molecule has 0 saturated carbocycles. The minimum absolute atomic E-state index is 0.0918. The maximum Gasteiger partial charge on any atom is 0.323 e. The lowest BCUT2D eigenvalue weighted by molar-refractivity contribution is -0.136. The van der Waals surface area contributed by atoms with E-state index in [1.807, 2.05) is 0 Å². The molecular weight excluding hydrogens is 292 g/mol. The third-order valence-corrected chi connectivity index (χ3v) is 2.86. The fourth-order valence-electron chi connectivity index (χ4n) is 1.79.